The summed E-state index contributed by atoms with van der Waals surface area (Å²) in [4.78, 5) is 7.20. The first-order valence-corrected chi connectivity index (χ1v) is 4.23. The molecule has 3 nitrogen and oxygen atoms in total. The molecular formula is C9H15N3. The van der Waals surface area contributed by atoms with Crippen molar-refractivity contribution in [3.63, 3.8) is 0 Å². The Morgan fingerprint density at radius 3 is 3.17 bits per heavy atom. The lowest BCUT2D eigenvalue weighted by Gasteiger charge is -2.10. The first-order chi connectivity index (χ1) is 5.88. The maximum absolute atomic E-state index is 4.15. The molecule has 66 valence electrons. The van der Waals surface area contributed by atoms with E-state index in [1.807, 2.05) is 12.3 Å². The van der Waals surface area contributed by atoms with Crippen molar-refractivity contribution < 1.29 is 0 Å². The third-order valence-corrected chi connectivity index (χ3v) is 1.66. The average molecular weight is 165 g/mol. The molecule has 0 fully saturated rings. The summed E-state index contributed by atoms with van der Waals surface area (Å²) in [6.07, 6.45) is 6.54. The van der Waals surface area contributed by atoms with Gasteiger partial charge in [0, 0.05) is 12.4 Å². The van der Waals surface area contributed by atoms with Crippen molar-refractivity contribution in [3.05, 3.63) is 30.9 Å². The summed E-state index contributed by atoms with van der Waals surface area (Å²) in [5, 5.41) is 3.31. The highest BCUT2D eigenvalue weighted by Gasteiger charge is 2.06. The van der Waals surface area contributed by atoms with Gasteiger partial charge < -0.3 is 10.3 Å². The van der Waals surface area contributed by atoms with E-state index in [-0.39, 0.29) is 6.04 Å². The summed E-state index contributed by atoms with van der Waals surface area (Å²) >= 11 is 0. The minimum absolute atomic E-state index is 0.153. The van der Waals surface area contributed by atoms with Crippen molar-refractivity contribution in [1.29, 1.82) is 0 Å². The molecule has 1 aromatic heterocycles. The highest BCUT2D eigenvalue weighted by molar-refractivity contribution is 5.03. The van der Waals surface area contributed by atoms with Gasteiger partial charge in [0.2, 0.25) is 0 Å². The van der Waals surface area contributed by atoms with Crippen molar-refractivity contribution in [2.45, 2.75) is 19.4 Å². The Morgan fingerprint density at radius 2 is 2.67 bits per heavy atom. The second kappa shape index (κ2) is 4.72. The van der Waals surface area contributed by atoms with E-state index < -0.39 is 0 Å². The van der Waals surface area contributed by atoms with E-state index in [2.05, 4.69) is 28.8 Å². The molecule has 0 bridgehead atoms. The predicted molar refractivity (Wildman–Crippen MR) is 49.8 cm³/mol. The van der Waals surface area contributed by atoms with Gasteiger partial charge in [-0.1, -0.05) is 13.0 Å². The Kier molecular flexibility index (Phi) is 3.54. The number of nitrogens with one attached hydrogen (secondary N) is 2. The molecule has 1 rings (SSSR count). The van der Waals surface area contributed by atoms with Crippen molar-refractivity contribution in [2.75, 3.05) is 6.54 Å². The first-order valence-electron chi connectivity index (χ1n) is 4.23. The van der Waals surface area contributed by atoms with Gasteiger partial charge in [0.25, 0.3) is 0 Å². The zero-order chi connectivity index (χ0) is 8.81. The monoisotopic (exact) mass is 165 g/mol. The Hall–Kier alpha value is -1.09. The van der Waals surface area contributed by atoms with Crippen molar-refractivity contribution >= 4 is 0 Å². The fourth-order valence-corrected chi connectivity index (χ4v) is 1.04. The van der Waals surface area contributed by atoms with Crippen LogP contribution >= 0.6 is 0 Å². The lowest BCUT2D eigenvalue weighted by molar-refractivity contribution is 0.591. The molecule has 1 unspecified atom stereocenters. The molecule has 0 spiro atoms. The fraction of sp³-hybridized carbons (Fsp3) is 0.444. The van der Waals surface area contributed by atoms with Gasteiger partial charge in [0.05, 0.1) is 6.04 Å². The molecule has 12 heavy (non-hydrogen) atoms. The van der Waals surface area contributed by atoms with Gasteiger partial charge in [-0.3, -0.25) is 0 Å². The summed E-state index contributed by atoms with van der Waals surface area (Å²) in [6.45, 7) is 6.87. The van der Waals surface area contributed by atoms with E-state index in [9.17, 15) is 0 Å². The van der Waals surface area contributed by atoms with Gasteiger partial charge in [-0.15, -0.1) is 6.58 Å². The Bertz CT molecular complexity index is 216. The SMILES string of the molecule is C=CC(NCCC)c1ncc[nH]1. The summed E-state index contributed by atoms with van der Waals surface area (Å²) < 4.78 is 0. The maximum atomic E-state index is 4.15. The normalized spacial score (nSPS) is 12.8. The van der Waals surface area contributed by atoms with Crippen LogP contribution in [0.5, 0.6) is 0 Å². The van der Waals surface area contributed by atoms with E-state index in [1.165, 1.54) is 0 Å². The lowest BCUT2D eigenvalue weighted by Crippen LogP contribution is -2.21. The van der Waals surface area contributed by atoms with Crippen LogP contribution in [0.1, 0.15) is 25.2 Å². The topological polar surface area (TPSA) is 40.7 Å². The smallest absolute Gasteiger partial charge is 0.127 e. The van der Waals surface area contributed by atoms with Crippen LogP contribution < -0.4 is 5.32 Å². The van der Waals surface area contributed by atoms with E-state index in [0.29, 0.717) is 0 Å². The molecule has 1 heterocycles. The lowest BCUT2D eigenvalue weighted by atomic mass is 10.2. The molecule has 1 atom stereocenters. The van der Waals surface area contributed by atoms with Crippen LogP contribution in [0.2, 0.25) is 0 Å². The van der Waals surface area contributed by atoms with E-state index in [0.717, 1.165) is 18.8 Å². The molecule has 1 aromatic rings. The van der Waals surface area contributed by atoms with Gasteiger partial charge in [-0.05, 0) is 13.0 Å². The number of hydrogen-bond donors (Lipinski definition) is 2. The molecule has 0 saturated carbocycles. The van der Waals surface area contributed by atoms with Gasteiger partial charge in [-0.2, -0.15) is 0 Å². The molecule has 0 saturated heterocycles. The van der Waals surface area contributed by atoms with Crippen molar-refractivity contribution in [2.24, 2.45) is 0 Å². The van der Waals surface area contributed by atoms with Crippen molar-refractivity contribution in [1.82, 2.24) is 15.3 Å². The van der Waals surface area contributed by atoms with Crippen molar-refractivity contribution in [3.8, 4) is 0 Å². The molecular weight excluding hydrogens is 150 g/mol. The van der Waals surface area contributed by atoms with Gasteiger partial charge in [-0.25, -0.2) is 4.98 Å². The minimum atomic E-state index is 0.153. The summed E-state index contributed by atoms with van der Waals surface area (Å²) in [5.74, 6) is 0.929. The van der Waals surface area contributed by atoms with Crippen LogP contribution in [0.3, 0.4) is 0 Å². The number of aromatic nitrogens is 2. The molecule has 0 aromatic carbocycles. The standard InChI is InChI=1S/C9H15N3/c1-3-5-10-8(4-2)9-11-6-7-12-9/h4,6-8,10H,2-3,5H2,1H3,(H,11,12). The molecule has 2 N–H and O–H groups in total. The number of aromatic amines is 1. The van der Waals surface area contributed by atoms with Gasteiger partial charge in [0.15, 0.2) is 0 Å². The van der Waals surface area contributed by atoms with Crippen LogP contribution in [-0.2, 0) is 0 Å². The fourth-order valence-electron chi connectivity index (χ4n) is 1.04. The van der Waals surface area contributed by atoms with Crippen LogP contribution in [0.25, 0.3) is 0 Å². The Labute approximate surface area is 72.9 Å². The number of rotatable bonds is 5. The molecule has 0 amide bonds. The average Bonchev–Trinajstić information content (AvgIpc) is 2.59. The third-order valence-electron chi connectivity index (χ3n) is 1.66. The van der Waals surface area contributed by atoms with Crippen LogP contribution in [0.4, 0.5) is 0 Å². The van der Waals surface area contributed by atoms with Crippen LogP contribution in [-0.4, -0.2) is 16.5 Å². The van der Waals surface area contributed by atoms with E-state index in [4.69, 9.17) is 0 Å². The Balaban J connectivity index is 2.51. The predicted octanol–water partition coefficient (Wildman–Crippen LogP) is 1.64. The molecule has 0 aliphatic heterocycles. The summed E-state index contributed by atoms with van der Waals surface area (Å²) in [7, 11) is 0. The molecule has 3 heteroatoms. The molecule has 0 aliphatic rings. The summed E-state index contributed by atoms with van der Waals surface area (Å²) in [5.41, 5.74) is 0. The molecule has 0 radical (unpaired) electrons. The summed E-state index contributed by atoms with van der Waals surface area (Å²) in [6, 6.07) is 0.153. The quantitative estimate of drug-likeness (QED) is 0.651. The highest BCUT2D eigenvalue weighted by atomic mass is 15.0. The zero-order valence-corrected chi connectivity index (χ0v) is 7.38. The second-order valence-electron chi connectivity index (χ2n) is 2.64. The Morgan fingerprint density at radius 1 is 1.83 bits per heavy atom. The first kappa shape index (κ1) is 9.00. The van der Waals surface area contributed by atoms with Gasteiger partial charge >= 0.3 is 0 Å². The zero-order valence-electron chi connectivity index (χ0n) is 7.38. The number of imidazole rings is 1. The third kappa shape index (κ3) is 2.20. The maximum Gasteiger partial charge on any atom is 0.127 e. The minimum Gasteiger partial charge on any atom is -0.347 e. The number of H-pyrrole nitrogens is 1. The van der Waals surface area contributed by atoms with Crippen LogP contribution in [0.15, 0.2) is 25.0 Å². The van der Waals surface area contributed by atoms with Gasteiger partial charge in [0.1, 0.15) is 5.82 Å². The van der Waals surface area contributed by atoms with E-state index >= 15 is 0 Å². The molecule has 0 aliphatic carbocycles. The second-order valence-corrected chi connectivity index (χ2v) is 2.64. The number of hydrogen-bond acceptors (Lipinski definition) is 2. The number of nitrogens with zero attached hydrogens (tertiary/aromatic N) is 1. The van der Waals surface area contributed by atoms with E-state index in [1.54, 1.807) is 6.20 Å². The largest absolute Gasteiger partial charge is 0.347 e. The highest BCUT2D eigenvalue weighted by Crippen LogP contribution is 2.06. The van der Waals surface area contributed by atoms with Crippen LogP contribution in [0, 0.1) is 0 Å².